The van der Waals surface area contributed by atoms with Crippen molar-refractivity contribution in [1.29, 1.82) is 0 Å². The molecule has 1 aliphatic heterocycles. The molecule has 0 radical (unpaired) electrons. The van der Waals surface area contributed by atoms with Crippen molar-refractivity contribution in [3.63, 3.8) is 0 Å². The summed E-state index contributed by atoms with van der Waals surface area (Å²) in [7, 11) is 6.55. The molecule has 1 heterocycles. The lowest BCUT2D eigenvalue weighted by Crippen LogP contribution is -2.36. The number of aryl methyl sites for hydroxylation is 1. The SMILES string of the molecule is COC(=O)C1=C(C)N(CCCc2ccccc2)C(C)=C(C(=O)OCCCN(C)Cc2ccccc2)C1c1ccc(OC)c(OC)c1. The van der Waals surface area contributed by atoms with E-state index in [2.05, 4.69) is 41.1 Å². The summed E-state index contributed by atoms with van der Waals surface area (Å²) in [6, 6.07) is 26.0. The van der Waals surface area contributed by atoms with E-state index < -0.39 is 17.9 Å². The maximum Gasteiger partial charge on any atom is 0.336 e. The van der Waals surface area contributed by atoms with Crippen molar-refractivity contribution in [2.24, 2.45) is 0 Å². The predicted molar refractivity (Wildman–Crippen MR) is 180 cm³/mol. The first-order valence-corrected chi connectivity index (χ1v) is 15.7. The Balaban J connectivity index is 1.62. The highest BCUT2D eigenvalue weighted by Crippen LogP contribution is 2.44. The number of carbonyl (C=O) groups is 2. The molecule has 0 aromatic heterocycles. The largest absolute Gasteiger partial charge is 0.493 e. The molecule has 0 N–H and O–H groups in total. The number of hydrogen-bond donors (Lipinski definition) is 0. The van der Waals surface area contributed by atoms with Gasteiger partial charge in [0.2, 0.25) is 0 Å². The predicted octanol–water partition coefficient (Wildman–Crippen LogP) is 6.52. The number of allylic oxidation sites excluding steroid dienone is 2. The average molecular weight is 627 g/mol. The number of ether oxygens (including phenoxy) is 4. The van der Waals surface area contributed by atoms with Crippen LogP contribution in [0.4, 0.5) is 0 Å². The van der Waals surface area contributed by atoms with Crippen LogP contribution in [0.3, 0.4) is 0 Å². The van der Waals surface area contributed by atoms with Gasteiger partial charge in [0.1, 0.15) is 0 Å². The molecule has 3 aromatic rings. The fourth-order valence-electron chi connectivity index (χ4n) is 6.08. The number of hydrogen-bond acceptors (Lipinski definition) is 8. The van der Waals surface area contributed by atoms with E-state index in [0.29, 0.717) is 41.2 Å². The highest BCUT2D eigenvalue weighted by atomic mass is 16.5. The second kappa shape index (κ2) is 16.7. The van der Waals surface area contributed by atoms with Gasteiger partial charge in [0.25, 0.3) is 0 Å². The van der Waals surface area contributed by atoms with Crippen LogP contribution in [-0.2, 0) is 32.0 Å². The van der Waals surface area contributed by atoms with E-state index in [0.717, 1.165) is 37.3 Å². The molecular formula is C38H46N2O6. The van der Waals surface area contributed by atoms with Crippen molar-refractivity contribution >= 4 is 11.9 Å². The quantitative estimate of drug-likeness (QED) is 0.139. The van der Waals surface area contributed by atoms with Crippen LogP contribution in [-0.4, -0.2) is 69.8 Å². The number of rotatable bonds is 15. The van der Waals surface area contributed by atoms with Crippen molar-refractivity contribution in [2.45, 2.75) is 45.6 Å². The summed E-state index contributed by atoms with van der Waals surface area (Å²) >= 11 is 0. The molecule has 244 valence electrons. The van der Waals surface area contributed by atoms with Crippen molar-refractivity contribution in [2.75, 3.05) is 48.1 Å². The van der Waals surface area contributed by atoms with Crippen LogP contribution in [0.1, 0.15) is 49.3 Å². The van der Waals surface area contributed by atoms with E-state index in [1.165, 1.54) is 18.2 Å². The number of carbonyl (C=O) groups excluding carboxylic acids is 2. The Bertz CT molecular complexity index is 1530. The van der Waals surface area contributed by atoms with Crippen LogP contribution < -0.4 is 9.47 Å². The molecule has 1 unspecified atom stereocenters. The Morgan fingerprint density at radius 3 is 1.98 bits per heavy atom. The molecule has 0 saturated heterocycles. The van der Waals surface area contributed by atoms with Crippen molar-refractivity contribution in [3.8, 4) is 11.5 Å². The van der Waals surface area contributed by atoms with Crippen molar-refractivity contribution in [1.82, 2.24) is 9.80 Å². The lowest BCUT2D eigenvalue weighted by molar-refractivity contribution is -0.139. The monoisotopic (exact) mass is 626 g/mol. The summed E-state index contributed by atoms with van der Waals surface area (Å²) in [5.74, 6) is -0.616. The van der Waals surface area contributed by atoms with E-state index in [1.807, 2.05) is 62.4 Å². The third-order valence-corrected chi connectivity index (χ3v) is 8.44. The van der Waals surface area contributed by atoms with Crippen LogP contribution in [0.2, 0.25) is 0 Å². The first-order chi connectivity index (χ1) is 22.3. The minimum absolute atomic E-state index is 0.248. The molecule has 8 heteroatoms. The van der Waals surface area contributed by atoms with Crippen molar-refractivity contribution in [3.05, 3.63) is 118 Å². The Morgan fingerprint density at radius 2 is 1.37 bits per heavy atom. The fraction of sp³-hybridized carbons (Fsp3) is 0.368. The number of methoxy groups -OCH3 is 3. The normalized spacial score (nSPS) is 14.8. The van der Waals surface area contributed by atoms with Gasteiger partial charge in [-0.2, -0.15) is 0 Å². The highest BCUT2D eigenvalue weighted by molar-refractivity contribution is 6.00. The summed E-state index contributed by atoms with van der Waals surface area (Å²) in [5, 5.41) is 0. The van der Waals surface area contributed by atoms with Gasteiger partial charge in [-0.15, -0.1) is 0 Å². The number of nitrogens with zero attached hydrogens (tertiary/aromatic N) is 2. The summed E-state index contributed by atoms with van der Waals surface area (Å²) in [4.78, 5) is 31.8. The van der Waals surface area contributed by atoms with Gasteiger partial charge in [-0.05, 0) is 69.0 Å². The lowest BCUT2D eigenvalue weighted by Gasteiger charge is -2.38. The molecule has 0 fully saturated rings. The van der Waals surface area contributed by atoms with Gasteiger partial charge in [0.05, 0.1) is 45.0 Å². The van der Waals surface area contributed by atoms with Gasteiger partial charge in [0, 0.05) is 31.0 Å². The van der Waals surface area contributed by atoms with Gasteiger partial charge in [-0.3, -0.25) is 0 Å². The molecule has 4 rings (SSSR count). The third-order valence-electron chi connectivity index (χ3n) is 8.44. The fourth-order valence-corrected chi connectivity index (χ4v) is 6.08. The first-order valence-electron chi connectivity index (χ1n) is 15.7. The molecule has 1 atom stereocenters. The number of esters is 2. The molecule has 0 saturated carbocycles. The Morgan fingerprint density at radius 1 is 0.761 bits per heavy atom. The maximum atomic E-state index is 14.1. The maximum absolute atomic E-state index is 14.1. The summed E-state index contributed by atoms with van der Waals surface area (Å²) in [6.45, 7) is 6.28. The molecule has 8 nitrogen and oxygen atoms in total. The van der Waals surface area contributed by atoms with Gasteiger partial charge in [0.15, 0.2) is 11.5 Å². The average Bonchev–Trinajstić information content (AvgIpc) is 3.08. The van der Waals surface area contributed by atoms with E-state index >= 15 is 0 Å². The van der Waals surface area contributed by atoms with Gasteiger partial charge in [-0.25, -0.2) is 9.59 Å². The molecule has 46 heavy (non-hydrogen) atoms. The van der Waals surface area contributed by atoms with Crippen LogP contribution in [0.5, 0.6) is 11.5 Å². The minimum Gasteiger partial charge on any atom is -0.493 e. The zero-order chi connectivity index (χ0) is 33.1. The van der Waals surface area contributed by atoms with Crippen LogP contribution in [0.15, 0.2) is 101 Å². The molecule has 0 amide bonds. The van der Waals surface area contributed by atoms with Gasteiger partial charge < -0.3 is 28.7 Å². The van der Waals surface area contributed by atoms with Gasteiger partial charge in [-0.1, -0.05) is 66.7 Å². The Hall–Kier alpha value is -4.56. The zero-order valence-electron chi connectivity index (χ0n) is 27.9. The minimum atomic E-state index is -0.717. The van der Waals surface area contributed by atoms with E-state index in [1.54, 1.807) is 20.3 Å². The summed E-state index contributed by atoms with van der Waals surface area (Å²) in [6.07, 6.45) is 2.35. The smallest absolute Gasteiger partial charge is 0.336 e. The molecule has 3 aromatic carbocycles. The topological polar surface area (TPSA) is 77.5 Å². The first kappa shape index (κ1) is 34.3. The second-order valence-electron chi connectivity index (χ2n) is 11.5. The molecule has 0 bridgehead atoms. The van der Waals surface area contributed by atoms with Gasteiger partial charge >= 0.3 is 11.9 Å². The Kier molecular flexibility index (Phi) is 12.4. The second-order valence-corrected chi connectivity index (χ2v) is 11.5. The molecule has 1 aliphatic rings. The van der Waals surface area contributed by atoms with E-state index in [4.69, 9.17) is 18.9 Å². The van der Waals surface area contributed by atoms with E-state index in [9.17, 15) is 9.59 Å². The Labute approximate surface area is 273 Å². The van der Waals surface area contributed by atoms with Crippen LogP contribution >= 0.6 is 0 Å². The lowest BCUT2D eigenvalue weighted by atomic mass is 9.79. The summed E-state index contributed by atoms with van der Waals surface area (Å²) in [5.41, 5.74) is 5.48. The molecule has 0 spiro atoms. The highest BCUT2D eigenvalue weighted by Gasteiger charge is 2.40. The van der Waals surface area contributed by atoms with E-state index in [-0.39, 0.29) is 6.61 Å². The molecule has 0 aliphatic carbocycles. The number of benzene rings is 3. The molecular weight excluding hydrogens is 580 g/mol. The third kappa shape index (κ3) is 8.37. The summed E-state index contributed by atoms with van der Waals surface area (Å²) < 4.78 is 22.3. The van der Waals surface area contributed by atoms with Crippen LogP contribution in [0.25, 0.3) is 0 Å². The van der Waals surface area contributed by atoms with Crippen LogP contribution in [0, 0.1) is 0 Å². The zero-order valence-corrected chi connectivity index (χ0v) is 27.9. The van der Waals surface area contributed by atoms with Crippen molar-refractivity contribution < 1.29 is 28.5 Å². The standard InChI is InChI=1S/C38H46N2O6/c1-27-34(37(41)45-6)36(31-20-21-32(43-4)33(25-31)44-5)35(28(2)40(27)23-13-19-29-15-9-7-10-16-29)38(42)46-24-14-22-39(3)26-30-17-11-8-12-18-30/h7-12,15-18,20-21,25,36H,13-14,19,22-24,26H2,1-6H3.